The fourth-order valence-electron chi connectivity index (χ4n) is 2.33. The van der Waals surface area contributed by atoms with E-state index < -0.39 is 5.97 Å². The van der Waals surface area contributed by atoms with Crippen LogP contribution in [0.5, 0.6) is 11.5 Å². The number of nitriles is 1. The first kappa shape index (κ1) is 18.7. The van der Waals surface area contributed by atoms with Crippen molar-refractivity contribution in [2.75, 3.05) is 11.9 Å². The molecule has 0 aromatic heterocycles. The zero-order valence-corrected chi connectivity index (χ0v) is 14.8. The van der Waals surface area contributed by atoms with Crippen LogP contribution in [0.1, 0.15) is 15.9 Å². The highest BCUT2D eigenvalue weighted by atomic mass is 16.6. The van der Waals surface area contributed by atoms with E-state index in [1.54, 1.807) is 72.8 Å². The maximum atomic E-state index is 12.1. The summed E-state index contributed by atoms with van der Waals surface area (Å²) < 4.78 is 10.5. The molecule has 0 spiro atoms. The van der Waals surface area contributed by atoms with E-state index in [2.05, 4.69) is 5.32 Å². The molecule has 28 heavy (non-hydrogen) atoms. The van der Waals surface area contributed by atoms with Crippen LogP contribution in [-0.4, -0.2) is 18.5 Å². The van der Waals surface area contributed by atoms with Gasteiger partial charge in [0.2, 0.25) is 0 Å². The van der Waals surface area contributed by atoms with E-state index in [-0.39, 0.29) is 12.5 Å². The number of rotatable bonds is 6. The molecule has 0 aliphatic rings. The molecule has 6 nitrogen and oxygen atoms in total. The lowest BCUT2D eigenvalue weighted by atomic mass is 10.2. The van der Waals surface area contributed by atoms with Crippen molar-refractivity contribution in [3.8, 4) is 17.6 Å². The summed E-state index contributed by atoms with van der Waals surface area (Å²) in [6, 6.07) is 23.7. The van der Waals surface area contributed by atoms with Gasteiger partial charge in [-0.1, -0.05) is 18.2 Å². The van der Waals surface area contributed by atoms with Crippen LogP contribution in [-0.2, 0) is 4.79 Å². The van der Waals surface area contributed by atoms with Crippen molar-refractivity contribution in [3.05, 3.63) is 90.0 Å². The quantitative estimate of drug-likeness (QED) is 0.525. The standard InChI is InChI=1S/C22H16N2O4/c23-14-16-6-10-19(11-7-16)27-15-21(25)28-20-12-8-18(9-13-20)24-22(26)17-4-2-1-3-5-17/h1-13H,15H2,(H,24,26). The SMILES string of the molecule is N#Cc1ccc(OCC(=O)Oc2ccc(NC(=O)c3ccccc3)cc2)cc1. The molecule has 3 aromatic rings. The Morgan fingerprint density at radius 3 is 2.14 bits per heavy atom. The van der Waals surface area contributed by atoms with Crippen molar-refractivity contribution in [3.63, 3.8) is 0 Å². The minimum Gasteiger partial charge on any atom is -0.482 e. The number of ether oxygens (including phenoxy) is 2. The minimum absolute atomic E-state index is 0.221. The smallest absolute Gasteiger partial charge is 0.349 e. The first-order valence-electron chi connectivity index (χ1n) is 8.44. The summed E-state index contributed by atoms with van der Waals surface area (Å²) >= 11 is 0. The van der Waals surface area contributed by atoms with Gasteiger partial charge in [0.1, 0.15) is 11.5 Å². The molecule has 0 unspecified atom stereocenters. The summed E-state index contributed by atoms with van der Waals surface area (Å²) in [5, 5.41) is 11.5. The van der Waals surface area contributed by atoms with E-state index >= 15 is 0 Å². The van der Waals surface area contributed by atoms with Gasteiger partial charge in [0.25, 0.3) is 5.91 Å². The van der Waals surface area contributed by atoms with Crippen molar-refractivity contribution >= 4 is 17.6 Å². The second kappa shape index (κ2) is 9.01. The highest BCUT2D eigenvalue weighted by molar-refractivity contribution is 6.04. The Balaban J connectivity index is 1.50. The molecular formula is C22H16N2O4. The third-order valence-electron chi connectivity index (χ3n) is 3.72. The summed E-state index contributed by atoms with van der Waals surface area (Å²) in [6.07, 6.45) is 0. The molecule has 1 amide bonds. The number of anilines is 1. The fourth-order valence-corrected chi connectivity index (χ4v) is 2.33. The third kappa shape index (κ3) is 5.19. The van der Waals surface area contributed by atoms with E-state index in [4.69, 9.17) is 14.7 Å². The molecule has 0 heterocycles. The van der Waals surface area contributed by atoms with Crippen molar-refractivity contribution in [2.24, 2.45) is 0 Å². The number of amides is 1. The molecule has 0 atom stereocenters. The van der Waals surface area contributed by atoms with Gasteiger partial charge in [0.15, 0.2) is 6.61 Å². The van der Waals surface area contributed by atoms with Crippen LogP contribution in [0.3, 0.4) is 0 Å². The Labute approximate surface area is 161 Å². The Morgan fingerprint density at radius 2 is 1.50 bits per heavy atom. The molecular weight excluding hydrogens is 356 g/mol. The Bertz CT molecular complexity index is 991. The van der Waals surface area contributed by atoms with E-state index in [0.717, 1.165) is 0 Å². The largest absolute Gasteiger partial charge is 0.482 e. The summed E-state index contributed by atoms with van der Waals surface area (Å²) in [7, 11) is 0. The number of carbonyl (C=O) groups excluding carboxylic acids is 2. The summed E-state index contributed by atoms with van der Waals surface area (Å²) in [4.78, 5) is 24.0. The van der Waals surface area contributed by atoms with Crippen LogP contribution in [0.15, 0.2) is 78.9 Å². The average molecular weight is 372 g/mol. The zero-order chi connectivity index (χ0) is 19.8. The maximum Gasteiger partial charge on any atom is 0.349 e. The van der Waals surface area contributed by atoms with E-state index in [1.165, 1.54) is 0 Å². The Hall–Kier alpha value is -4.11. The average Bonchev–Trinajstić information content (AvgIpc) is 2.74. The topological polar surface area (TPSA) is 88.4 Å². The highest BCUT2D eigenvalue weighted by Crippen LogP contribution is 2.17. The minimum atomic E-state index is -0.564. The molecule has 3 aromatic carbocycles. The second-order valence-electron chi connectivity index (χ2n) is 5.74. The van der Waals surface area contributed by atoms with E-state index in [9.17, 15) is 9.59 Å². The zero-order valence-electron chi connectivity index (χ0n) is 14.8. The lowest BCUT2D eigenvalue weighted by Crippen LogP contribution is -2.17. The van der Waals surface area contributed by atoms with Gasteiger partial charge in [-0.3, -0.25) is 4.79 Å². The Morgan fingerprint density at radius 1 is 0.857 bits per heavy atom. The molecule has 0 fully saturated rings. The normalized spacial score (nSPS) is 9.82. The molecule has 6 heteroatoms. The number of carbonyl (C=O) groups is 2. The van der Waals surface area contributed by atoms with Gasteiger partial charge in [0.05, 0.1) is 11.6 Å². The van der Waals surface area contributed by atoms with Gasteiger partial charge >= 0.3 is 5.97 Å². The number of nitrogens with zero attached hydrogens (tertiary/aromatic N) is 1. The summed E-state index contributed by atoms with van der Waals surface area (Å²) in [6.45, 7) is -0.265. The molecule has 3 rings (SSSR count). The van der Waals surface area contributed by atoms with Crippen LogP contribution >= 0.6 is 0 Å². The van der Waals surface area contributed by atoms with Gasteiger partial charge in [-0.2, -0.15) is 5.26 Å². The van der Waals surface area contributed by atoms with Crippen molar-refractivity contribution in [1.29, 1.82) is 5.26 Å². The number of esters is 1. The van der Waals surface area contributed by atoms with Gasteiger partial charge in [-0.15, -0.1) is 0 Å². The molecule has 0 radical (unpaired) electrons. The lowest BCUT2D eigenvalue weighted by molar-refractivity contribution is -0.136. The monoisotopic (exact) mass is 372 g/mol. The summed E-state index contributed by atoms with van der Waals surface area (Å²) in [5.74, 6) is 0.0210. The van der Waals surface area contributed by atoms with Crippen LogP contribution < -0.4 is 14.8 Å². The number of hydrogen-bond donors (Lipinski definition) is 1. The van der Waals surface area contributed by atoms with Crippen LogP contribution in [0.2, 0.25) is 0 Å². The number of hydrogen-bond acceptors (Lipinski definition) is 5. The highest BCUT2D eigenvalue weighted by Gasteiger charge is 2.08. The van der Waals surface area contributed by atoms with Gasteiger partial charge in [-0.25, -0.2) is 4.79 Å². The second-order valence-corrected chi connectivity index (χ2v) is 5.74. The summed E-state index contributed by atoms with van der Waals surface area (Å²) in [5.41, 5.74) is 1.65. The molecule has 0 saturated heterocycles. The maximum absolute atomic E-state index is 12.1. The van der Waals surface area contributed by atoms with Gasteiger partial charge in [-0.05, 0) is 60.7 Å². The number of benzene rings is 3. The fraction of sp³-hybridized carbons (Fsp3) is 0.0455. The van der Waals surface area contributed by atoms with E-state index in [1.807, 2.05) is 12.1 Å². The molecule has 1 N–H and O–H groups in total. The van der Waals surface area contributed by atoms with Gasteiger partial charge in [0, 0.05) is 11.3 Å². The first-order chi connectivity index (χ1) is 13.6. The third-order valence-corrected chi connectivity index (χ3v) is 3.72. The van der Waals surface area contributed by atoms with Crippen LogP contribution in [0, 0.1) is 11.3 Å². The lowest BCUT2D eigenvalue weighted by Gasteiger charge is -2.08. The Kier molecular flexibility index (Phi) is 6.01. The van der Waals surface area contributed by atoms with E-state index in [0.29, 0.717) is 28.3 Å². The predicted octanol–water partition coefficient (Wildman–Crippen LogP) is 3.79. The van der Waals surface area contributed by atoms with Crippen LogP contribution in [0.25, 0.3) is 0 Å². The predicted molar refractivity (Wildman–Crippen MR) is 103 cm³/mol. The molecule has 0 aliphatic heterocycles. The molecule has 0 bridgehead atoms. The van der Waals surface area contributed by atoms with Crippen molar-refractivity contribution < 1.29 is 19.1 Å². The first-order valence-corrected chi connectivity index (χ1v) is 8.44. The van der Waals surface area contributed by atoms with Gasteiger partial charge < -0.3 is 14.8 Å². The van der Waals surface area contributed by atoms with Crippen molar-refractivity contribution in [2.45, 2.75) is 0 Å². The molecule has 138 valence electrons. The van der Waals surface area contributed by atoms with Crippen LogP contribution in [0.4, 0.5) is 5.69 Å². The van der Waals surface area contributed by atoms with Crippen molar-refractivity contribution in [1.82, 2.24) is 0 Å². The molecule has 0 saturated carbocycles. The molecule has 0 aliphatic carbocycles. The number of nitrogens with one attached hydrogen (secondary N) is 1.